The average molecular weight is 194 g/mol. The molecule has 0 unspecified atom stereocenters. The number of rotatable bonds is 1. The maximum absolute atomic E-state index is 8.65. The SMILES string of the molecule is Cl.Nc1cc(CO)ccc1Cl. The molecule has 0 fully saturated rings. The van der Waals surface area contributed by atoms with Crippen molar-refractivity contribution in [1.82, 2.24) is 0 Å². The van der Waals surface area contributed by atoms with Crippen LogP contribution in [0.3, 0.4) is 0 Å². The largest absolute Gasteiger partial charge is 0.398 e. The minimum atomic E-state index is 0. The number of aliphatic hydroxyl groups is 1. The van der Waals surface area contributed by atoms with Crippen molar-refractivity contribution in [3.05, 3.63) is 28.8 Å². The fourth-order valence-corrected chi connectivity index (χ4v) is 0.809. The van der Waals surface area contributed by atoms with Gasteiger partial charge in [0.05, 0.1) is 17.3 Å². The molecule has 3 N–H and O–H groups in total. The van der Waals surface area contributed by atoms with Crippen LogP contribution in [0.25, 0.3) is 0 Å². The summed E-state index contributed by atoms with van der Waals surface area (Å²) >= 11 is 5.63. The number of anilines is 1. The highest BCUT2D eigenvalue weighted by Crippen LogP contribution is 2.18. The van der Waals surface area contributed by atoms with E-state index in [-0.39, 0.29) is 19.0 Å². The molecule has 11 heavy (non-hydrogen) atoms. The summed E-state index contributed by atoms with van der Waals surface area (Å²) in [5, 5.41) is 9.18. The van der Waals surface area contributed by atoms with E-state index in [1.54, 1.807) is 18.2 Å². The van der Waals surface area contributed by atoms with Crippen molar-refractivity contribution >= 4 is 29.7 Å². The van der Waals surface area contributed by atoms with Gasteiger partial charge in [-0.1, -0.05) is 17.7 Å². The van der Waals surface area contributed by atoms with Crippen LogP contribution in [-0.4, -0.2) is 5.11 Å². The quantitative estimate of drug-likeness (QED) is 0.670. The Morgan fingerprint density at radius 2 is 2.09 bits per heavy atom. The van der Waals surface area contributed by atoms with Crippen LogP contribution in [-0.2, 0) is 6.61 Å². The second kappa shape index (κ2) is 4.44. The first-order valence-corrected chi connectivity index (χ1v) is 3.26. The van der Waals surface area contributed by atoms with Gasteiger partial charge in [-0.05, 0) is 17.7 Å². The van der Waals surface area contributed by atoms with Gasteiger partial charge in [-0.25, -0.2) is 0 Å². The summed E-state index contributed by atoms with van der Waals surface area (Å²) in [6, 6.07) is 5.06. The number of nitrogen functional groups attached to an aromatic ring is 1. The Labute approximate surface area is 76.4 Å². The molecule has 0 aliphatic rings. The van der Waals surface area contributed by atoms with Crippen LogP contribution in [0.5, 0.6) is 0 Å². The normalized spacial score (nSPS) is 8.91. The fraction of sp³-hybridized carbons (Fsp3) is 0.143. The van der Waals surface area contributed by atoms with Gasteiger partial charge in [-0.3, -0.25) is 0 Å². The lowest BCUT2D eigenvalue weighted by Gasteiger charge is -1.99. The lowest BCUT2D eigenvalue weighted by Crippen LogP contribution is -1.89. The minimum absolute atomic E-state index is 0. The third-order valence-corrected chi connectivity index (χ3v) is 1.59. The average Bonchev–Trinajstić information content (AvgIpc) is 1.95. The van der Waals surface area contributed by atoms with Crippen LogP contribution in [0.4, 0.5) is 5.69 Å². The molecule has 4 heteroatoms. The van der Waals surface area contributed by atoms with Crippen molar-refractivity contribution in [2.45, 2.75) is 6.61 Å². The Hall–Kier alpha value is -0.440. The number of halogens is 2. The lowest BCUT2D eigenvalue weighted by molar-refractivity contribution is 0.282. The maximum atomic E-state index is 8.65. The van der Waals surface area contributed by atoms with E-state index < -0.39 is 0 Å². The summed E-state index contributed by atoms with van der Waals surface area (Å²) in [7, 11) is 0. The minimum Gasteiger partial charge on any atom is -0.398 e. The van der Waals surface area contributed by atoms with E-state index in [2.05, 4.69) is 0 Å². The van der Waals surface area contributed by atoms with Crippen molar-refractivity contribution in [3.8, 4) is 0 Å². The summed E-state index contributed by atoms with van der Waals surface area (Å²) < 4.78 is 0. The molecular weight excluding hydrogens is 185 g/mol. The van der Waals surface area contributed by atoms with E-state index in [0.29, 0.717) is 10.7 Å². The summed E-state index contributed by atoms with van der Waals surface area (Å²) in [5.74, 6) is 0. The molecule has 0 heterocycles. The van der Waals surface area contributed by atoms with Gasteiger partial charge in [0, 0.05) is 0 Å². The Kier molecular flexibility index (Phi) is 4.26. The molecule has 0 bridgehead atoms. The molecule has 0 saturated carbocycles. The molecule has 0 aliphatic carbocycles. The number of nitrogens with two attached hydrogens (primary N) is 1. The van der Waals surface area contributed by atoms with E-state index in [1.165, 1.54) is 0 Å². The molecule has 0 aromatic heterocycles. The van der Waals surface area contributed by atoms with Crippen molar-refractivity contribution in [2.75, 3.05) is 5.73 Å². The third kappa shape index (κ3) is 2.58. The molecule has 0 atom stereocenters. The first-order chi connectivity index (χ1) is 4.74. The Balaban J connectivity index is 0.000001000. The van der Waals surface area contributed by atoms with Gasteiger partial charge in [-0.15, -0.1) is 12.4 Å². The highest BCUT2D eigenvalue weighted by molar-refractivity contribution is 6.33. The lowest BCUT2D eigenvalue weighted by atomic mass is 10.2. The zero-order valence-corrected chi connectivity index (χ0v) is 7.32. The second-order valence-electron chi connectivity index (χ2n) is 2.01. The zero-order chi connectivity index (χ0) is 7.56. The van der Waals surface area contributed by atoms with Crippen LogP contribution in [0.2, 0.25) is 5.02 Å². The van der Waals surface area contributed by atoms with E-state index in [1.807, 2.05) is 0 Å². The summed E-state index contributed by atoms with van der Waals surface area (Å²) in [6.45, 7) is 0.00136. The first kappa shape index (κ1) is 10.6. The number of benzene rings is 1. The fourth-order valence-electron chi connectivity index (χ4n) is 0.692. The van der Waals surface area contributed by atoms with Gasteiger partial charge >= 0.3 is 0 Å². The zero-order valence-electron chi connectivity index (χ0n) is 5.75. The standard InChI is InChI=1S/C7H8ClNO.ClH/c8-6-2-1-5(4-10)3-7(6)9;/h1-3,10H,4,9H2;1H. The van der Waals surface area contributed by atoms with Crippen molar-refractivity contribution in [1.29, 1.82) is 0 Å². The molecule has 0 aliphatic heterocycles. The molecule has 1 rings (SSSR count). The van der Waals surface area contributed by atoms with Crippen LogP contribution >= 0.6 is 24.0 Å². The van der Waals surface area contributed by atoms with E-state index in [0.717, 1.165) is 5.56 Å². The van der Waals surface area contributed by atoms with Gasteiger partial charge < -0.3 is 10.8 Å². The number of aliphatic hydroxyl groups excluding tert-OH is 1. The van der Waals surface area contributed by atoms with Gasteiger partial charge in [-0.2, -0.15) is 0 Å². The predicted octanol–water partition coefficient (Wildman–Crippen LogP) is 1.84. The molecule has 2 nitrogen and oxygen atoms in total. The smallest absolute Gasteiger partial charge is 0.0682 e. The van der Waals surface area contributed by atoms with Gasteiger partial charge in [0.2, 0.25) is 0 Å². The highest BCUT2D eigenvalue weighted by atomic mass is 35.5. The van der Waals surface area contributed by atoms with Crippen LogP contribution < -0.4 is 5.73 Å². The molecular formula is C7H9Cl2NO. The summed E-state index contributed by atoms with van der Waals surface area (Å²) in [6.07, 6.45) is 0. The van der Waals surface area contributed by atoms with Crippen LogP contribution in [0.15, 0.2) is 18.2 Å². The van der Waals surface area contributed by atoms with Gasteiger partial charge in [0.15, 0.2) is 0 Å². The molecule has 1 aromatic carbocycles. The number of hydrogen-bond donors (Lipinski definition) is 2. The highest BCUT2D eigenvalue weighted by Gasteiger charge is 1.95. The van der Waals surface area contributed by atoms with Gasteiger partial charge in [0.1, 0.15) is 0 Å². The van der Waals surface area contributed by atoms with Gasteiger partial charge in [0.25, 0.3) is 0 Å². The topological polar surface area (TPSA) is 46.2 Å². The molecule has 0 amide bonds. The van der Waals surface area contributed by atoms with Crippen molar-refractivity contribution in [3.63, 3.8) is 0 Å². The van der Waals surface area contributed by atoms with E-state index in [9.17, 15) is 0 Å². The second-order valence-corrected chi connectivity index (χ2v) is 2.42. The molecule has 0 spiro atoms. The van der Waals surface area contributed by atoms with Crippen molar-refractivity contribution < 1.29 is 5.11 Å². The predicted molar refractivity (Wildman–Crippen MR) is 49.0 cm³/mol. The molecule has 62 valence electrons. The monoisotopic (exact) mass is 193 g/mol. The van der Waals surface area contributed by atoms with E-state index in [4.69, 9.17) is 22.4 Å². The van der Waals surface area contributed by atoms with Crippen LogP contribution in [0.1, 0.15) is 5.56 Å². The van der Waals surface area contributed by atoms with E-state index >= 15 is 0 Å². The Morgan fingerprint density at radius 1 is 1.45 bits per heavy atom. The first-order valence-electron chi connectivity index (χ1n) is 2.89. The molecule has 0 radical (unpaired) electrons. The third-order valence-electron chi connectivity index (χ3n) is 1.24. The molecule has 1 aromatic rings. The number of hydrogen-bond acceptors (Lipinski definition) is 2. The maximum Gasteiger partial charge on any atom is 0.0682 e. The Morgan fingerprint density at radius 3 is 2.55 bits per heavy atom. The Bertz CT molecular complexity index is 240. The molecule has 0 saturated heterocycles. The summed E-state index contributed by atoms with van der Waals surface area (Å²) in [4.78, 5) is 0. The van der Waals surface area contributed by atoms with Crippen molar-refractivity contribution in [2.24, 2.45) is 0 Å². The van der Waals surface area contributed by atoms with Crippen LogP contribution in [0, 0.1) is 0 Å². The summed E-state index contributed by atoms with van der Waals surface area (Å²) in [5.41, 5.74) is 6.74.